The predicted octanol–water partition coefficient (Wildman–Crippen LogP) is 3.60. The van der Waals surface area contributed by atoms with Crippen molar-refractivity contribution in [3.05, 3.63) is 53.3 Å². The molecular weight excluding hydrogens is 492 g/mol. The second-order valence-corrected chi connectivity index (χ2v) is 10.7. The minimum atomic E-state index is -0.220. The summed E-state index contributed by atoms with van der Waals surface area (Å²) in [6.07, 6.45) is 16.1. The van der Waals surface area contributed by atoms with Gasteiger partial charge in [0.2, 0.25) is 0 Å². The van der Waals surface area contributed by atoms with Crippen molar-refractivity contribution in [2.75, 3.05) is 33.8 Å². The normalized spacial score (nSPS) is 18.5. The molecule has 0 saturated carbocycles. The Morgan fingerprint density at radius 1 is 1.23 bits per heavy atom. The van der Waals surface area contributed by atoms with Crippen LogP contribution >= 0.6 is 0 Å². The van der Waals surface area contributed by atoms with E-state index in [4.69, 9.17) is 10.5 Å². The van der Waals surface area contributed by atoms with Gasteiger partial charge in [-0.25, -0.2) is 0 Å². The molecule has 39 heavy (non-hydrogen) atoms. The summed E-state index contributed by atoms with van der Waals surface area (Å²) in [5, 5.41) is 20.1. The number of methoxy groups -OCH3 is 1. The molecule has 8 heteroatoms. The van der Waals surface area contributed by atoms with Gasteiger partial charge in [0.1, 0.15) is 5.78 Å². The molecular formula is C31H46N4O4. The third kappa shape index (κ3) is 10.3. The van der Waals surface area contributed by atoms with Crippen molar-refractivity contribution in [2.45, 2.75) is 64.0 Å². The lowest BCUT2D eigenvalue weighted by Crippen LogP contribution is -2.35. The number of rotatable bonds is 16. The van der Waals surface area contributed by atoms with E-state index in [0.717, 1.165) is 61.5 Å². The number of Topliss-reactive ketones (excluding diaryl/α,β-unsaturated/α-hetero) is 1. The van der Waals surface area contributed by atoms with Gasteiger partial charge < -0.3 is 31.5 Å². The maximum Gasteiger partial charge on any atom is 0.163 e. The average molecular weight is 539 g/mol. The highest BCUT2D eigenvalue weighted by Crippen LogP contribution is 2.32. The summed E-state index contributed by atoms with van der Waals surface area (Å²) in [6, 6.07) is 3.34. The molecule has 0 spiro atoms. The number of aromatic hydroxyl groups is 1. The average Bonchev–Trinajstić information content (AvgIpc) is 2.93. The van der Waals surface area contributed by atoms with Gasteiger partial charge >= 0.3 is 0 Å². The van der Waals surface area contributed by atoms with E-state index in [1.54, 1.807) is 18.2 Å². The van der Waals surface area contributed by atoms with Crippen LogP contribution in [0.5, 0.6) is 11.5 Å². The molecule has 8 nitrogen and oxygen atoms in total. The van der Waals surface area contributed by atoms with Gasteiger partial charge in [0, 0.05) is 12.6 Å². The Labute approximate surface area is 233 Å². The van der Waals surface area contributed by atoms with Crippen LogP contribution in [0.3, 0.4) is 0 Å². The van der Waals surface area contributed by atoms with E-state index in [0.29, 0.717) is 24.5 Å². The second-order valence-electron chi connectivity index (χ2n) is 10.7. The molecule has 1 aromatic rings. The van der Waals surface area contributed by atoms with E-state index >= 15 is 0 Å². The van der Waals surface area contributed by atoms with Crippen molar-refractivity contribution in [1.82, 2.24) is 16.0 Å². The fourth-order valence-corrected chi connectivity index (χ4v) is 5.48. The Morgan fingerprint density at radius 2 is 2.03 bits per heavy atom. The first-order chi connectivity index (χ1) is 18.9. The number of ether oxygens (including phenoxy) is 1. The highest BCUT2D eigenvalue weighted by molar-refractivity contribution is 6.06. The van der Waals surface area contributed by atoms with E-state index in [1.165, 1.54) is 32.4 Å². The van der Waals surface area contributed by atoms with Crippen LogP contribution in [0.2, 0.25) is 0 Å². The summed E-state index contributed by atoms with van der Waals surface area (Å²) >= 11 is 0. The lowest BCUT2D eigenvalue weighted by Gasteiger charge is -2.30. The Morgan fingerprint density at radius 3 is 2.72 bits per heavy atom. The monoisotopic (exact) mass is 538 g/mol. The third-order valence-corrected chi connectivity index (χ3v) is 7.68. The molecule has 2 aliphatic heterocycles. The van der Waals surface area contributed by atoms with E-state index in [1.807, 2.05) is 25.4 Å². The molecule has 1 unspecified atom stereocenters. The molecule has 0 aromatic heterocycles. The lowest BCUT2D eigenvalue weighted by molar-refractivity contribution is -0.124. The quantitative estimate of drug-likeness (QED) is 0.123. The Bertz CT molecular complexity index is 1040. The maximum atomic E-state index is 12.6. The molecule has 0 aliphatic carbocycles. The first-order valence-corrected chi connectivity index (χ1v) is 14.3. The van der Waals surface area contributed by atoms with Gasteiger partial charge in [-0.1, -0.05) is 25.0 Å². The molecule has 0 bridgehead atoms. The van der Waals surface area contributed by atoms with Gasteiger partial charge in [-0.15, -0.1) is 0 Å². The molecule has 6 N–H and O–H groups in total. The minimum Gasteiger partial charge on any atom is -0.504 e. The SMILES string of the molecule is CNC[C@H](CCCCCC(=O)CC(=O)/C=C/c1cc(OC)c(O)cc1CC1=CNC(N)C=C1)C1CCNCC1. The number of hydrogen-bond donors (Lipinski definition) is 5. The zero-order chi connectivity index (χ0) is 28.0. The lowest BCUT2D eigenvalue weighted by atomic mass is 9.81. The smallest absolute Gasteiger partial charge is 0.163 e. The van der Waals surface area contributed by atoms with Crippen LogP contribution in [-0.2, 0) is 16.0 Å². The molecule has 1 fully saturated rings. The summed E-state index contributed by atoms with van der Waals surface area (Å²) in [7, 11) is 3.51. The van der Waals surface area contributed by atoms with Crippen molar-refractivity contribution in [3.63, 3.8) is 0 Å². The Balaban J connectivity index is 1.46. The van der Waals surface area contributed by atoms with E-state index in [-0.39, 0.29) is 29.9 Å². The van der Waals surface area contributed by atoms with Gasteiger partial charge in [-0.3, -0.25) is 9.59 Å². The second kappa shape index (κ2) is 16.2. The van der Waals surface area contributed by atoms with Crippen LogP contribution < -0.4 is 26.4 Å². The zero-order valence-corrected chi connectivity index (χ0v) is 23.5. The first-order valence-electron chi connectivity index (χ1n) is 14.3. The topological polar surface area (TPSA) is 126 Å². The van der Waals surface area contributed by atoms with Gasteiger partial charge in [-0.2, -0.15) is 0 Å². The number of unbranched alkanes of at least 4 members (excludes halogenated alkanes) is 2. The Hall–Kier alpha value is -2.94. The zero-order valence-electron chi connectivity index (χ0n) is 23.5. The number of carbonyl (C=O) groups excluding carboxylic acids is 2. The summed E-state index contributed by atoms with van der Waals surface area (Å²) in [6.45, 7) is 3.29. The molecule has 214 valence electrons. The maximum absolute atomic E-state index is 12.6. The number of nitrogens with two attached hydrogens (primary N) is 1. The van der Waals surface area contributed by atoms with Crippen molar-refractivity contribution < 1.29 is 19.4 Å². The molecule has 2 heterocycles. The molecule has 2 atom stereocenters. The highest BCUT2D eigenvalue weighted by Gasteiger charge is 2.22. The van der Waals surface area contributed by atoms with Gasteiger partial charge in [0.05, 0.1) is 19.7 Å². The number of benzene rings is 1. The fourth-order valence-electron chi connectivity index (χ4n) is 5.48. The molecule has 1 saturated heterocycles. The minimum absolute atomic E-state index is 0.0156. The van der Waals surface area contributed by atoms with Crippen molar-refractivity contribution in [1.29, 1.82) is 0 Å². The van der Waals surface area contributed by atoms with E-state index < -0.39 is 0 Å². The van der Waals surface area contributed by atoms with Crippen LogP contribution in [0.4, 0.5) is 0 Å². The first kappa shape index (κ1) is 30.6. The van der Waals surface area contributed by atoms with Gasteiger partial charge in [0.15, 0.2) is 17.3 Å². The van der Waals surface area contributed by atoms with Gasteiger partial charge in [-0.05, 0) is 112 Å². The van der Waals surface area contributed by atoms with Crippen LogP contribution in [0.25, 0.3) is 6.08 Å². The fraction of sp³-hybridized carbons (Fsp3) is 0.548. The standard InChI is InChI=1S/C31H46N4O4/c1-33-21-25(23-12-14-34-15-13-23)6-4-3-5-7-27(36)19-28(37)10-9-24-18-30(39-2)29(38)17-26(24)16-22-8-11-31(32)35-20-22/h8-11,17-18,20,23,25,31,33-35,38H,3-7,12-16,19,21,32H2,1-2H3/b10-9+/t25-,31?/m0/s1. The predicted molar refractivity (Wildman–Crippen MR) is 156 cm³/mol. The summed E-state index contributed by atoms with van der Waals surface area (Å²) in [5.41, 5.74) is 8.39. The van der Waals surface area contributed by atoms with Crippen LogP contribution in [0.1, 0.15) is 62.5 Å². The van der Waals surface area contributed by atoms with Crippen LogP contribution in [0, 0.1) is 11.8 Å². The number of hydrogen-bond acceptors (Lipinski definition) is 8. The number of ketones is 2. The number of dihydropyridines is 1. The summed E-state index contributed by atoms with van der Waals surface area (Å²) < 4.78 is 5.26. The molecule has 1 aromatic carbocycles. The number of nitrogens with one attached hydrogen (secondary N) is 3. The molecule has 3 rings (SSSR count). The largest absolute Gasteiger partial charge is 0.504 e. The summed E-state index contributed by atoms with van der Waals surface area (Å²) in [5.74, 6) is 1.60. The number of piperidine rings is 1. The van der Waals surface area contributed by atoms with Crippen LogP contribution in [-0.4, -0.2) is 56.6 Å². The number of phenolic OH excluding ortho intramolecular Hbond substituents is 1. The van der Waals surface area contributed by atoms with E-state index in [2.05, 4.69) is 16.0 Å². The number of phenols is 1. The Kier molecular flexibility index (Phi) is 12.7. The number of carbonyl (C=O) groups is 2. The van der Waals surface area contributed by atoms with E-state index in [9.17, 15) is 14.7 Å². The van der Waals surface area contributed by atoms with Crippen molar-refractivity contribution >= 4 is 17.6 Å². The highest BCUT2D eigenvalue weighted by atomic mass is 16.5. The molecule has 0 radical (unpaired) electrons. The third-order valence-electron chi connectivity index (χ3n) is 7.68. The molecule has 0 amide bonds. The summed E-state index contributed by atoms with van der Waals surface area (Å²) in [4.78, 5) is 25.0. The van der Waals surface area contributed by atoms with Crippen molar-refractivity contribution in [3.8, 4) is 11.5 Å². The number of allylic oxidation sites excluding steroid dienone is 3. The van der Waals surface area contributed by atoms with Crippen LogP contribution in [0.15, 0.2) is 42.1 Å². The van der Waals surface area contributed by atoms with Gasteiger partial charge in [0.25, 0.3) is 0 Å². The molecule has 2 aliphatic rings. The van der Waals surface area contributed by atoms with Crippen molar-refractivity contribution in [2.24, 2.45) is 17.6 Å².